The first kappa shape index (κ1) is 18.1. The van der Waals surface area contributed by atoms with Gasteiger partial charge in [0.25, 0.3) is 0 Å². The Labute approximate surface area is 142 Å². The smallest absolute Gasteiger partial charge is 0.227 e. The molecule has 7 heteroatoms. The SMILES string of the molecule is CNCCN(C)C(=O)C1CC(=O)N(c2ccc(OC)cc2OC)C1. The number of carbonyl (C=O) groups is 2. The van der Waals surface area contributed by atoms with Crippen LogP contribution < -0.4 is 19.7 Å². The highest BCUT2D eigenvalue weighted by Crippen LogP contribution is 2.36. The van der Waals surface area contributed by atoms with Gasteiger partial charge in [-0.05, 0) is 19.2 Å². The molecule has 1 aliphatic heterocycles. The molecule has 0 spiro atoms. The average Bonchev–Trinajstić information content (AvgIpc) is 2.99. The van der Waals surface area contributed by atoms with Crippen molar-refractivity contribution >= 4 is 17.5 Å². The number of nitrogens with one attached hydrogen (secondary N) is 1. The number of carbonyl (C=O) groups excluding carboxylic acids is 2. The molecule has 7 nitrogen and oxygen atoms in total. The highest BCUT2D eigenvalue weighted by atomic mass is 16.5. The van der Waals surface area contributed by atoms with Gasteiger partial charge >= 0.3 is 0 Å². The van der Waals surface area contributed by atoms with E-state index in [2.05, 4.69) is 5.32 Å². The van der Waals surface area contributed by atoms with Crippen molar-refractivity contribution in [1.82, 2.24) is 10.2 Å². The van der Waals surface area contributed by atoms with E-state index in [1.54, 1.807) is 49.3 Å². The molecule has 0 bridgehead atoms. The second-order valence-electron chi connectivity index (χ2n) is 5.81. The lowest BCUT2D eigenvalue weighted by molar-refractivity contribution is -0.134. The van der Waals surface area contributed by atoms with Crippen molar-refractivity contribution < 1.29 is 19.1 Å². The zero-order chi connectivity index (χ0) is 17.7. The van der Waals surface area contributed by atoms with Gasteiger partial charge in [0.1, 0.15) is 11.5 Å². The molecule has 1 aliphatic rings. The van der Waals surface area contributed by atoms with Crippen molar-refractivity contribution in [3.8, 4) is 11.5 Å². The maximum atomic E-state index is 12.5. The Morgan fingerprint density at radius 1 is 1.38 bits per heavy atom. The Morgan fingerprint density at radius 2 is 2.12 bits per heavy atom. The van der Waals surface area contributed by atoms with E-state index in [-0.39, 0.29) is 24.2 Å². The summed E-state index contributed by atoms with van der Waals surface area (Å²) < 4.78 is 10.5. The maximum Gasteiger partial charge on any atom is 0.227 e. The molecule has 24 heavy (non-hydrogen) atoms. The lowest BCUT2D eigenvalue weighted by Gasteiger charge is -2.22. The number of methoxy groups -OCH3 is 2. The van der Waals surface area contributed by atoms with Gasteiger partial charge in [-0.15, -0.1) is 0 Å². The van der Waals surface area contributed by atoms with Crippen molar-refractivity contribution in [1.29, 1.82) is 0 Å². The minimum Gasteiger partial charge on any atom is -0.497 e. The summed E-state index contributed by atoms with van der Waals surface area (Å²) in [6, 6.07) is 5.29. The molecular formula is C17H25N3O4. The number of ether oxygens (including phenoxy) is 2. The van der Waals surface area contributed by atoms with E-state index in [4.69, 9.17) is 9.47 Å². The normalized spacial score (nSPS) is 17.1. The number of hydrogen-bond acceptors (Lipinski definition) is 5. The molecule has 1 N–H and O–H groups in total. The van der Waals surface area contributed by atoms with Crippen LogP contribution in [0.3, 0.4) is 0 Å². The van der Waals surface area contributed by atoms with Crippen LogP contribution >= 0.6 is 0 Å². The summed E-state index contributed by atoms with van der Waals surface area (Å²) in [7, 11) is 6.73. The molecule has 0 radical (unpaired) electrons. The van der Waals surface area contributed by atoms with Gasteiger partial charge < -0.3 is 24.6 Å². The number of amides is 2. The first-order valence-corrected chi connectivity index (χ1v) is 7.93. The summed E-state index contributed by atoms with van der Waals surface area (Å²) >= 11 is 0. The quantitative estimate of drug-likeness (QED) is 0.796. The van der Waals surface area contributed by atoms with Gasteiger partial charge in [0.05, 0.1) is 25.8 Å². The van der Waals surface area contributed by atoms with E-state index >= 15 is 0 Å². The van der Waals surface area contributed by atoms with E-state index in [0.717, 1.165) is 6.54 Å². The fraction of sp³-hybridized carbons (Fsp3) is 0.529. The van der Waals surface area contributed by atoms with Crippen LogP contribution in [0.25, 0.3) is 0 Å². The summed E-state index contributed by atoms with van der Waals surface area (Å²) in [4.78, 5) is 28.2. The van der Waals surface area contributed by atoms with Gasteiger partial charge in [0.15, 0.2) is 0 Å². The third-order valence-corrected chi connectivity index (χ3v) is 4.23. The summed E-state index contributed by atoms with van der Waals surface area (Å²) in [5, 5.41) is 3.01. The molecule has 0 aromatic heterocycles. The van der Waals surface area contributed by atoms with Crippen LogP contribution in [0.15, 0.2) is 18.2 Å². The summed E-state index contributed by atoms with van der Waals surface area (Å²) in [6.07, 6.45) is 0.220. The van der Waals surface area contributed by atoms with Gasteiger partial charge in [-0.3, -0.25) is 9.59 Å². The second kappa shape index (κ2) is 8.01. The van der Waals surface area contributed by atoms with Crippen molar-refractivity contribution in [3.63, 3.8) is 0 Å². The molecule has 1 saturated heterocycles. The lowest BCUT2D eigenvalue weighted by Crippen LogP contribution is -2.38. The van der Waals surface area contributed by atoms with Gasteiger partial charge in [-0.25, -0.2) is 0 Å². The maximum absolute atomic E-state index is 12.5. The molecular weight excluding hydrogens is 310 g/mol. The Bertz CT molecular complexity index is 605. The molecule has 1 fully saturated rings. The molecule has 0 saturated carbocycles. The number of likely N-dealkylation sites (N-methyl/N-ethyl adjacent to an activating group) is 2. The third-order valence-electron chi connectivity index (χ3n) is 4.23. The number of benzene rings is 1. The van der Waals surface area contributed by atoms with Gasteiger partial charge in [-0.2, -0.15) is 0 Å². The molecule has 2 amide bonds. The van der Waals surface area contributed by atoms with E-state index in [9.17, 15) is 9.59 Å². The fourth-order valence-corrected chi connectivity index (χ4v) is 2.82. The summed E-state index contributed by atoms with van der Waals surface area (Å²) in [5.74, 6) is 0.805. The standard InChI is InChI=1S/C17H25N3O4/c1-18-7-8-19(2)17(22)12-9-16(21)20(11-12)14-6-5-13(23-3)10-15(14)24-4/h5-6,10,12,18H,7-9,11H2,1-4H3. The van der Waals surface area contributed by atoms with Crippen LogP contribution in [0.2, 0.25) is 0 Å². The number of anilines is 1. The average molecular weight is 335 g/mol. The van der Waals surface area contributed by atoms with Gasteiger partial charge in [-0.1, -0.05) is 0 Å². The van der Waals surface area contributed by atoms with Crippen molar-refractivity contribution in [2.45, 2.75) is 6.42 Å². The minimum absolute atomic E-state index is 0.00595. The topological polar surface area (TPSA) is 71.1 Å². The largest absolute Gasteiger partial charge is 0.497 e. The first-order valence-electron chi connectivity index (χ1n) is 7.93. The summed E-state index contributed by atoms with van der Waals surface area (Å²) in [5.41, 5.74) is 0.663. The molecule has 1 unspecified atom stereocenters. The van der Waals surface area contributed by atoms with Crippen LogP contribution in [0.4, 0.5) is 5.69 Å². The monoisotopic (exact) mass is 335 g/mol. The predicted octanol–water partition coefficient (Wildman–Crippen LogP) is 0.735. The molecule has 0 aliphatic carbocycles. The zero-order valence-corrected chi connectivity index (χ0v) is 14.7. The number of hydrogen-bond donors (Lipinski definition) is 1. The molecule has 132 valence electrons. The Balaban J connectivity index is 2.14. The fourth-order valence-electron chi connectivity index (χ4n) is 2.82. The van der Waals surface area contributed by atoms with Crippen LogP contribution in [-0.4, -0.2) is 64.7 Å². The third kappa shape index (κ3) is 3.79. The molecule has 1 heterocycles. The van der Waals surface area contributed by atoms with E-state index in [1.165, 1.54) is 0 Å². The number of nitrogens with zero attached hydrogens (tertiary/aromatic N) is 2. The van der Waals surface area contributed by atoms with Crippen molar-refractivity contribution in [2.75, 3.05) is 52.8 Å². The van der Waals surface area contributed by atoms with Crippen LogP contribution in [0.1, 0.15) is 6.42 Å². The van der Waals surface area contributed by atoms with Gasteiger partial charge in [0, 0.05) is 39.2 Å². The molecule has 1 aromatic rings. The first-order chi connectivity index (χ1) is 11.5. The van der Waals surface area contributed by atoms with E-state index < -0.39 is 0 Å². The van der Waals surface area contributed by atoms with Crippen LogP contribution in [-0.2, 0) is 9.59 Å². The molecule has 1 atom stereocenters. The molecule has 1 aromatic carbocycles. The van der Waals surface area contributed by atoms with Crippen LogP contribution in [0.5, 0.6) is 11.5 Å². The number of rotatable bonds is 7. The van der Waals surface area contributed by atoms with E-state index in [0.29, 0.717) is 30.3 Å². The Hall–Kier alpha value is -2.28. The van der Waals surface area contributed by atoms with Crippen molar-refractivity contribution in [3.05, 3.63) is 18.2 Å². The van der Waals surface area contributed by atoms with Gasteiger partial charge in [0.2, 0.25) is 11.8 Å². The van der Waals surface area contributed by atoms with Crippen LogP contribution in [0, 0.1) is 5.92 Å². The molecule has 2 rings (SSSR count). The second-order valence-corrected chi connectivity index (χ2v) is 5.81. The van der Waals surface area contributed by atoms with Crippen molar-refractivity contribution in [2.24, 2.45) is 5.92 Å². The highest BCUT2D eigenvalue weighted by Gasteiger charge is 2.37. The lowest BCUT2D eigenvalue weighted by atomic mass is 10.1. The highest BCUT2D eigenvalue weighted by molar-refractivity contribution is 6.01. The Morgan fingerprint density at radius 3 is 2.75 bits per heavy atom. The van der Waals surface area contributed by atoms with E-state index in [1.807, 2.05) is 7.05 Å². The zero-order valence-electron chi connectivity index (χ0n) is 14.7. The predicted molar refractivity (Wildman–Crippen MR) is 91.6 cm³/mol. The Kier molecular flexibility index (Phi) is 6.03. The minimum atomic E-state index is -0.328. The summed E-state index contributed by atoms with van der Waals surface area (Å²) in [6.45, 7) is 1.70.